The van der Waals surface area contributed by atoms with Crippen LogP contribution < -0.4 is 4.90 Å². The van der Waals surface area contributed by atoms with E-state index in [-0.39, 0.29) is 18.6 Å². The van der Waals surface area contributed by atoms with Gasteiger partial charge in [0.15, 0.2) is 11.1 Å². The fourth-order valence-corrected chi connectivity index (χ4v) is 4.23. The van der Waals surface area contributed by atoms with Gasteiger partial charge in [-0.1, -0.05) is 20.8 Å². The Bertz CT molecular complexity index is 855. The van der Waals surface area contributed by atoms with E-state index in [0.29, 0.717) is 5.69 Å². The first-order chi connectivity index (χ1) is 13.8. The number of carbonyl (C=O) groups excluding carboxylic acids is 2. The molecule has 0 saturated heterocycles. The summed E-state index contributed by atoms with van der Waals surface area (Å²) in [6, 6.07) is 4.20. The van der Waals surface area contributed by atoms with Crippen LogP contribution >= 0.6 is 11.8 Å². The highest BCUT2D eigenvalue weighted by Gasteiger charge is 2.34. The molecule has 0 spiro atoms. The highest BCUT2D eigenvalue weighted by Crippen LogP contribution is 2.49. The van der Waals surface area contributed by atoms with Gasteiger partial charge in [-0.25, -0.2) is 0 Å². The van der Waals surface area contributed by atoms with Crippen LogP contribution in [0.15, 0.2) is 27.0 Å². The molecule has 8 heteroatoms. The van der Waals surface area contributed by atoms with Crippen LogP contribution in [0.5, 0.6) is 0 Å². The summed E-state index contributed by atoms with van der Waals surface area (Å²) in [6.45, 7) is 11.8. The van der Waals surface area contributed by atoms with E-state index in [9.17, 15) is 9.59 Å². The van der Waals surface area contributed by atoms with Crippen LogP contribution in [0.3, 0.4) is 0 Å². The van der Waals surface area contributed by atoms with Crippen molar-refractivity contribution >= 4 is 46.5 Å². The fourth-order valence-electron chi connectivity index (χ4n) is 3.10. The SMILES string of the molecule is CCOC(=O)C(C=Nc1cc(C(C)(C)C)cc2c1SC1=NCCN12)C(=O)OCC. The maximum absolute atomic E-state index is 12.3. The predicted octanol–water partition coefficient (Wildman–Crippen LogP) is 3.71. The standard InChI is InChI=1S/C21H27N3O4S/c1-6-27-18(25)14(19(26)28-7-2)12-23-15-10-13(21(3,4)5)11-16-17(15)29-20-22-8-9-24(16)20/h10-12,14H,6-9H2,1-5H3. The van der Waals surface area contributed by atoms with Gasteiger partial charge in [0.1, 0.15) is 0 Å². The molecule has 156 valence electrons. The van der Waals surface area contributed by atoms with E-state index in [1.165, 1.54) is 6.21 Å². The molecule has 0 unspecified atom stereocenters. The predicted molar refractivity (Wildman–Crippen MR) is 116 cm³/mol. The Morgan fingerprint density at radius 1 is 1.24 bits per heavy atom. The molecule has 0 saturated carbocycles. The molecule has 0 aromatic heterocycles. The molecule has 0 bridgehead atoms. The third-order valence-corrected chi connectivity index (χ3v) is 5.80. The van der Waals surface area contributed by atoms with E-state index in [2.05, 4.69) is 41.7 Å². The molecule has 0 aliphatic carbocycles. The summed E-state index contributed by atoms with van der Waals surface area (Å²) in [5, 5.41) is 0.967. The van der Waals surface area contributed by atoms with Gasteiger partial charge >= 0.3 is 11.9 Å². The average Bonchev–Trinajstić information content (AvgIpc) is 3.23. The Kier molecular flexibility index (Phi) is 6.31. The molecule has 0 atom stereocenters. The zero-order chi connectivity index (χ0) is 21.2. The number of fused-ring (bicyclic) bond motifs is 3. The second-order valence-electron chi connectivity index (χ2n) is 7.77. The smallest absolute Gasteiger partial charge is 0.325 e. The normalized spacial score (nSPS) is 15.5. The molecule has 0 amide bonds. The topological polar surface area (TPSA) is 80.6 Å². The van der Waals surface area contributed by atoms with E-state index in [1.54, 1.807) is 25.6 Å². The van der Waals surface area contributed by atoms with Crippen molar-refractivity contribution in [1.29, 1.82) is 0 Å². The number of rotatable bonds is 6. The van der Waals surface area contributed by atoms with E-state index < -0.39 is 17.9 Å². The van der Waals surface area contributed by atoms with Crippen LogP contribution in [0.4, 0.5) is 11.4 Å². The number of benzene rings is 1. The number of ether oxygens (including phenoxy) is 2. The molecule has 2 aliphatic heterocycles. The van der Waals surface area contributed by atoms with Crippen molar-refractivity contribution in [2.24, 2.45) is 15.9 Å². The molecule has 1 aromatic rings. The molecular weight excluding hydrogens is 390 g/mol. The number of aliphatic imine (C=N–C) groups is 2. The van der Waals surface area contributed by atoms with Gasteiger partial charge in [-0.15, -0.1) is 0 Å². The molecule has 3 rings (SSSR count). The summed E-state index contributed by atoms with van der Waals surface area (Å²) < 4.78 is 10.1. The van der Waals surface area contributed by atoms with Gasteiger partial charge in [0.25, 0.3) is 0 Å². The summed E-state index contributed by atoms with van der Waals surface area (Å²) in [6.07, 6.45) is 1.34. The highest BCUT2D eigenvalue weighted by molar-refractivity contribution is 8.15. The molecule has 7 nitrogen and oxygen atoms in total. The van der Waals surface area contributed by atoms with Crippen molar-refractivity contribution in [3.63, 3.8) is 0 Å². The monoisotopic (exact) mass is 417 g/mol. The Balaban J connectivity index is 2.01. The van der Waals surface area contributed by atoms with Crippen molar-refractivity contribution in [2.75, 3.05) is 31.2 Å². The lowest BCUT2D eigenvalue weighted by molar-refractivity contribution is -0.157. The maximum atomic E-state index is 12.3. The Morgan fingerprint density at radius 3 is 2.48 bits per heavy atom. The van der Waals surface area contributed by atoms with Crippen LogP contribution in [0.2, 0.25) is 0 Å². The molecule has 0 fully saturated rings. The Hall–Kier alpha value is -2.35. The average molecular weight is 418 g/mol. The number of hydrogen-bond acceptors (Lipinski definition) is 8. The van der Waals surface area contributed by atoms with Crippen molar-refractivity contribution in [1.82, 2.24) is 0 Å². The maximum Gasteiger partial charge on any atom is 0.325 e. The van der Waals surface area contributed by atoms with Gasteiger partial charge in [-0.2, -0.15) is 0 Å². The Morgan fingerprint density at radius 2 is 1.90 bits per heavy atom. The summed E-state index contributed by atoms with van der Waals surface area (Å²) in [4.78, 5) is 36.8. The van der Waals surface area contributed by atoms with Crippen LogP contribution in [-0.2, 0) is 24.5 Å². The van der Waals surface area contributed by atoms with Crippen molar-refractivity contribution in [3.8, 4) is 0 Å². The molecule has 0 N–H and O–H groups in total. The van der Waals surface area contributed by atoms with Crippen LogP contribution in [0.25, 0.3) is 0 Å². The number of thioether (sulfide) groups is 1. The van der Waals surface area contributed by atoms with Crippen molar-refractivity contribution in [3.05, 3.63) is 17.7 Å². The second kappa shape index (κ2) is 8.57. The lowest BCUT2D eigenvalue weighted by Gasteiger charge is -2.22. The zero-order valence-corrected chi connectivity index (χ0v) is 18.3. The van der Waals surface area contributed by atoms with E-state index in [0.717, 1.165) is 34.4 Å². The molecule has 0 radical (unpaired) electrons. The van der Waals surface area contributed by atoms with Crippen molar-refractivity contribution < 1.29 is 19.1 Å². The molecule has 1 aromatic carbocycles. The molecule has 29 heavy (non-hydrogen) atoms. The third-order valence-electron chi connectivity index (χ3n) is 4.65. The highest BCUT2D eigenvalue weighted by atomic mass is 32.2. The minimum atomic E-state index is -1.19. The zero-order valence-electron chi connectivity index (χ0n) is 17.5. The van der Waals surface area contributed by atoms with E-state index in [1.807, 2.05) is 6.07 Å². The first-order valence-electron chi connectivity index (χ1n) is 9.82. The number of hydrogen-bond donors (Lipinski definition) is 0. The molecular formula is C21H27N3O4S. The number of carbonyl (C=O) groups is 2. The van der Waals surface area contributed by atoms with Gasteiger partial charge in [-0.05, 0) is 48.7 Å². The fraction of sp³-hybridized carbons (Fsp3) is 0.524. The summed E-state index contributed by atoms with van der Waals surface area (Å²) >= 11 is 1.57. The summed E-state index contributed by atoms with van der Waals surface area (Å²) in [5.41, 5.74) is 2.84. The summed E-state index contributed by atoms with van der Waals surface area (Å²) in [5.74, 6) is -2.50. The van der Waals surface area contributed by atoms with Gasteiger partial charge in [0.2, 0.25) is 0 Å². The number of nitrogens with zero attached hydrogens (tertiary/aromatic N) is 3. The number of amidine groups is 1. The number of anilines is 1. The van der Waals surface area contributed by atoms with E-state index >= 15 is 0 Å². The minimum absolute atomic E-state index is 0.0781. The van der Waals surface area contributed by atoms with Gasteiger partial charge < -0.3 is 14.4 Å². The quantitative estimate of drug-likeness (QED) is 0.399. The van der Waals surface area contributed by atoms with Gasteiger partial charge in [0.05, 0.1) is 36.0 Å². The van der Waals surface area contributed by atoms with Crippen LogP contribution in [0, 0.1) is 5.92 Å². The van der Waals surface area contributed by atoms with Crippen LogP contribution in [-0.4, -0.2) is 49.6 Å². The largest absolute Gasteiger partial charge is 0.465 e. The first-order valence-corrected chi connectivity index (χ1v) is 10.6. The van der Waals surface area contributed by atoms with Crippen molar-refractivity contribution in [2.45, 2.75) is 44.9 Å². The van der Waals surface area contributed by atoms with Crippen LogP contribution in [0.1, 0.15) is 40.2 Å². The van der Waals surface area contributed by atoms with E-state index in [4.69, 9.17) is 9.47 Å². The lowest BCUT2D eigenvalue weighted by Crippen LogP contribution is -2.29. The molecule has 2 aliphatic rings. The first kappa shape index (κ1) is 21.4. The molecule has 2 heterocycles. The Labute approximate surface area is 175 Å². The third kappa shape index (κ3) is 4.47. The lowest BCUT2D eigenvalue weighted by atomic mass is 9.86. The number of esters is 2. The summed E-state index contributed by atoms with van der Waals surface area (Å²) in [7, 11) is 0. The minimum Gasteiger partial charge on any atom is -0.465 e. The van der Waals surface area contributed by atoms with Gasteiger partial charge in [0, 0.05) is 12.8 Å². The second-order valence-corrected chi connectivity index (χ2v) is 8.75. The van der Waals surface area contributed by atoms with Gasteiger partial charge in [-0.3, -0.25) is 19.6 Å².